The number of ether oxygens (including phenoxy) is 1. The molecule has 0 aliphatic rings. The zero-order valence-electron chi connectivity index (χ0n) is 8.15. The number of carboxylic acid groups (broad SMARTS) is 1. The zero-order valence-corrected chi connectivity index (χ0v) is 8.15. The molecule has 2 atom stereocenters. The largest absolute Gasteiger partial charge is 0.545 e. The van der Waals surface area contributed by atoms with E-state index in [1.165, 1.54) is 13.8 Å². The molecule has 0 heterocycles. The minimum atomic E-state index is -1.39. The molecule has 0 aromatic heterocycles. The summed E-state index contributed by atoms with van der Waals surface area (Å²) < 4.78 is 4.41. The zero-order chi connectivity index (χ0) is 11.3. The smallest absolute Gasteiger partial charge is 0.308 e. The number of carbonyl (C=O) groups is 2. The number of aliphatic hydroxyl groups is 1. The van der Waals surface area contributed by atoms with Crippen LogP contribution in [0, 0.1) is 5.92 Å². The van der Waals surface area contributed by atoms with Gasteiger partial charge in [-0.3, -0.25) is 4.79 Å². The van der Waals surface area contributed by atoms with E-state index in [2.05, 4.69) is 11.3 Å². The quantitative estimate of drug-likeness (QED) is 0.357. The Labute approximate surface area is 82.0 Å². The predicted octanol–water partition coefficient (Wildman–Crippen LogP) is -0.800. The van der Waals surface area contributed by atoms with Gasteiger partial charge >= 0.3 is 5.97 Å². The number of aliphatic hydroxyl groups excluding tert-OH is 1. The summed E-state index contributed by atoms with van der Waals surface area (Å²) in [4.78, 5) is 21.3. The lowest BCUT2D eigenvalue weighted by atomic mass is 9.99. The van der Waals surface area contributed by atoms with Crippen molar-refractivity contribution in [2.75, 3.05) is 0 Å². The Morgan fingerprint density at radius 2 is 2.00 bits per heavy atom. The topological polar surface area (TPSA) is 86.7 Å². The molecule has 0 aromatic rings. The molecule has 0 fully saturated rings. The molecular weight excluding hydrogens is 188 g/mol. The van der Waals surface area contributed by atoms with Gasteiger partial charge in [-0.05, 0) is 18.4 Å². The van der Waals surface area contributed by atoms with Crippen LogP contribution >= 0.6 is 0 Å². The summed E-state index contributed by atoms with van der Waals surface area (Å²) in [6.45, 7) is 6.06. The molecule has 0 amide bonds. The fourth-order valence-corrected chi connectivity index (χ4v) is 0.813. The molecule has 0 aliphatic heterocycles. The molecule has 5 nitrogen and oxygen atoms in total. The fraction of sp³-hybridized carbons (Fsp3) is 0.556. The van der Waals surface area contributed by atoms with Gasteiger partial charge in [-0.25, -0.2) is 0 Å². The molecule has 0 bridgehead atoms. The third-order valence-electron chi connectivity index (χ3n) is 1.63. The van der Waals surface area contributed by atoms with E-state index in [0.717, 1.165) is 0 Å². The van der Waals surface area contributed by atoms with Gasteiger partial charge in [-0.2, -0.15) is 0 Å². The fourth-order valence-electron chi connectivity index (χ4n) is 0.813. The van der Waals surface area contributed by atoms with Crippen LogP contribution in [-0.2, 0) is 14.3 Å². The second-order valence-electron chi connectivity index (χ2n) is 3.01. The van der Waals surface area contributed by atoms with Crippen LogP contribution in [0.4, 0.5) is 0 Å². The Kier molecular flexibility index (Phi) is 4.86. The van der Waals surface area contributed by atoms with Crippen molar-refractivity contribution in [3.8, 4) is 0 Å². The Hall–Kier alpha value is -1.36. The normalized spacial score (nSPS) is 14.2. The van der Waals surface area contributed by atoms with Crippen LogP contribution in [0.1, 0.15) is 20.3 Å². The Balaban J connectivity index is 4.06. The maximum Gasteiger partial charge on any atom is 0.308 e. The van der Waals surface area contributed by atoms with Crippen molar-refractivity contribution in [2.45, 2.75) is 26.6 Å². The number of rotatable bonds is 5. The Bertz CT molecular complexity index is 244. The third-order valence-corrected chi connectivity index (χ3v) is 1.63. The SMILES string of the molecule is C=C(C(=O)[O-])C(C)CC(=O)OC(C)O. The van der Waals surface area contributed by atoms with Crippen molar-refractivity contribution in [1.29, 1.82) is 0 Å². The monoisotopic (exact) mass is 201 g/mol. The highest BCUT2D eigenvalue weighted by Gasteiger charge is 2.15. The first-order chi connectivity index (χ1) is 6.34. The van der Waals surface area contributed by atoms with Crippen molar-refractivity contribution in [3.05, 3.63) is 12.2 Å². The average Bonchev–Trinajstić information content (AvgIpc) is 2.00. The maximum atomic E-state index is 11.0. The first kappa shape index (κ1) is 12.6. The molecule has 0 aromatic carbocycles. The summed E-state index contributed by atoms with van der Waals surface area (Å²) in [5.41, 5.74) is -0.160. The second-order valence-corrected chi connectivity index (χ2v) is 3.01. The van der Waals surface area contributed by atoms with Crippen molar-refractivity contribution >= 4 is 11.9 Å². The van der Waals surface area contributed by atoms with Crippen molar-refractivity contribution in [3.63, 3.8) is 0 Å². The first-order valence-electron chi connectivity index (χ1n) is 4.12. The number of hydrogen-bond donors (Lipinski definition) is 1. The molecule has 0 rings (SSSR count). The van der Waals surface area contributed by atoms with E-state index in [4.69, 9.17) is 5.11 Å². The third kappa shape index (κ3) is 4.61. The number of hydrogen-bond acceptors (Lipinski definition) is 5. The standard InChI is InChI=1S/C9H14O5/c1-5(6(2)9(12)13)4-8(11)14-7(3)10/h5,7,10H,2,4H2,1,3H3,(H,12,13)/p-1. The van der Waals surface area contributed by atoms with Crippen LogP contribution in [0.5, 0.6) is 0 Å². The van der Waals surface area contributed by atoms with E-state index in [0.29, 0.717) is 0 Å². The molecule has 0 spiro atoms. The van der Waals surface area contributed by atoms with Crippen molar-refractivity contribution in [2.24, 2.45) is 5.92 Å². The predicted molar refractivity (Wildman–Crippen MR) is 45.7 cm³/mol. The highest BCUT2D eigenvalue weighted by molar-refractivity contribution is 5.85. The molecule has 2 unspecified atom stereocenters. The maximum absolute atomic E-state index is 11.0. The molecule has 5 heteroatoms. The number of aliphatic carboxylic acids is 1. The van der Waals surface area contributed by atoms with Crippen molar-refractivity contribution < 1.29 is 24.5 Å². The van der Waals surface area contributed by atoms with Crippen LogP contribution in [0.2, 0.25) is 0 Å². The number of carboxylic acids is 1. The lowest BCUT2D eigenvalue weighted by Gasteiger charge is -2.15. The summed E-state index contributed by atoms with van der Waals surface area (Å²) in [5, 5.41) is 19.0. The molecule has 0 saturated carbocycles. The molecule has 14 heavy (non-hydrogen) atoms. The van der Waals surface area contributed by atoms with Gasteiger partial charge in [-0.1, -0.05) is 13.5 Å². The minimum absolute atomic E-state index is 0.141. The van der Waals surface area contributed by atoms with Gasteiger partial charge in [0.05, 0.1) is 12.4 Å². The van der Waals surface area contributed by atoms with Gasteiger partial charge in [0.25, 0.3) is 0 Å². The van der Waals surface area contributed by atoms with Crippen LogP contribution in [0.25, 0.3) is 0 Å². The highest BCUT2D eigenvalue weighted by Crippen LogP contribution is 2.13. The summed E-state index contributed by atoms with van der Waals surface area (Å²) >= 11 is 0. The lowest BCUT2D eigenvalue weighted by Crippen LogP contribution is -2.28. The summed E-state index contributed by atoms with van der Waals surface area (Å²) in [6.07, 6.45) is -1.33. The lowest BCUT2D eigenvalue weighted by molar-refractivity contribution is -0.299. The summed E-state index contributed by atoms with van der Waals surface area (Å²) in [5.74, 6) is -2.62. The van der Waals surface area contributed by atoms with Crippen LogP contribution < -0.4 is 5.11 Å². The highest BCUT2D eigenvalue weighted by atomic mass is 16.6. The summed E-state index contributed by atoms with van der Waals surface area (Å²) in [7, 11) is 0. The van der Waals surface area contributed by atoms with Crippen LogP contribution in [0.15, 0.2) is 12.2 Å². The molecule has 80 valence electrons. The second kappa shape index (κ2) is 5.39. The van der Waals surface area contributed by atoms with Gasteiger partial charge < -0.3 is 19.7 Å². The van der Waals surface area contributed by atoms with E-state index in [9.17, 15) is 14.7 Å². The van der Waals surface area contributed by atoms with Crippen molar-refractivity contribution in [1.82, 2.24) is 0 Å². The number of esters is 1. The summed E-state index contributed by atoms with van der Waals surface area (Å²) in [6, 6.07) is 0. The molecule has 1 N–H and O–H groups in total. The van der Waals surface area contributed by atoms with Gasteiger partial charge in [-0.15, -0.1) is 0 Å². The van der Waals surface area contributed by atoms with Gasteiger partial charge in [0.15, 0.2) is 6.29 Å². The van der Waals surface area contributed by atoms with Crippen LogP contribution in [-0.4, -0.2) is 23.3 Å². The molecular formula is C9H13O5-. The molecule has 0 saturated heterocycles. The molecule has 0 radical (unpaired) electrons. The first-order valence-corrected chi connectivity index (χ1v) is 4.12. The van der Waals surface area contributed by atoms with Gasteiger partial charge in [0.1, 0.15) is 0 Å². The molecule has 0 aliphatic carbocycles. The van der Waals surface area contributed by atoms with Crippen LogP contribution in [0.3, 0.4) is 0 Å². The van der Waals surface area contributed by atoms with E-state index in [-0.39, 0.29) is 12.0 Å². The van der Waals surface area contributed by atoms with Gasteiger partial charge in [0.2, 0.25) is 0 Å². The average molecular weight is 201 g/mol. The van der Waals surface area contributed by atoms with Gasteiger partial charge in [0, 0.05) is 0 Å². The van der Waals surface area contributed by atoms with E-state index >= 15 is 0 Å². The van der Waals surface area contributed by atoms with E-state index in [1.807, 2.05) is 0 Å². The Morgan fingerprint density at radius 3 is 2.36 bits per heavy atom. The Morgan fingerprint density at radius 1 is 1.50 bits per heavy atom. The minimum Gasteiger partial charge on any atom is -0.545 e. The van der Waals surface area contributed by atoms with E-state index in [1.54, 1.807) is 0 Å². The van der Waals surface area contributed by atoms with E-state index < -0.39 is 24.1 Å². The number of carbonyl (C=O) groups excluding carboxylic acids is 2.